The van der Waals surface area contributed by atoms with Gasteiger partial charge in [-0.15, -0.1) is 0 Å². The third-order valence-corrected chi connectivity index (χ3v) is 4.27. The van der Waals surface area contributed by atoms with E-state index < -0.39 is 18.4 Å². The molecule has 0 spiro atoms. The van der Waals surface area contributed by atoms with E-state index in [0.29, 0.717) is 31.0 Å². The number of hydrogen-bond acceptors (Lipinski definition) is 3. The smallest absolute Gasteiger partial charge is 0.262 e. The summed E-state index contributed by atoms with van der Waals surface area (Å²) in [6, 6.07) is 15.6. The number of ether oxygens (including phenoxy) is 1. The van der Waals surface area contributed by atoms with Crippen LogP contribution in [0.25, 0.3) is 0 Å². The maximum Gasteiger partial charge on any atom is 0.262 e. The van der Waals surface area contributed by atoms with Crippen molar-refractivity contribution in [1.82, 2.24) is 10.2 Å². The summed E-state index contributed by atoms with van der Waals surface area (Å²) in [6.07, 6.45) is 0.656. The monoisotopic (exact) mass is 360 g/mol. The van der Waals surface area contributed by atoms with E-state index in [1.54, 1.807) is 36.4 Å². The van der Waals surface area contributed by atoms with E-state index in [1.165, 1.54) is 4.90 Å². The average Bonchev–Trinajstić information content (AvgIpc) is 3.14. The molecule has 0 radical (unpaired) electrons. The minimum atomic E-state index is -2.96. The van der Waals surface area contributed by atoms with E-state index in [-0.39, 0.29) is 11.6 Å². The Hall–Kier alpha value is -2.47. The minimum Gasteiger partial charge on any atom is -0.457 e. The van der Waals surface area contributed by atoms with Crippen LogP contribution in [-0.2, 0) is 0 Å². The highest BCUT2D eigenvalue weighted by Crippen LogP contribution is 2.28. The lowest BCUT2D eigenvalue weighted by atomic mass is 10.1. The molecule has 1 saturated heterocycles. The van der Waals surface area contributed by atoms with Crippen molar-refractivity contribution in [1.29, 1.82) is 0 Å². The number of para-hydroxylation sites is 2. The number of carbonyl (C=O) groups excluding carboxylic acids is 1. The van der Waals surface area contributed by atoms with Crippen LogP contribution < -0.4 is 10.1 Å². The van der Waals surface area contributed by atoms with Gasteiger partial charge in [0.2, 0.25) is 0 Å². The first-order valence-corrected chi connectivity index (χ1v) is 8.65. The summed E-state index contributed by atoms with van der Waals surface area (Å²) in [5, 5.41) is 3.13. The van der Waals surface area contributed by atoms with Crippen molar-refractivity contribution >= 4 is 5.91 Å². The van der Waals surface area contributed by atoms with Crippen molar-refractivity contribution in [3.8, 4) is 11.5 Å². The van der Waals surface area contributed by atoms with Crippen LogP contribution in [0.5, 0.6) is 11.5 Å². The second kappa shape index (κ2) is 7.83. The zero-order valence-electron chi connectivity index (χ0n) is 14.6. The van der Waals surface area contributed by atoms with Crippen LogP contribution in [0, 0.1) is 0 Å². The molecule has 0 aliphatic carbocycles. The molecule has 2 aromatic carbocycles. The summed E-state index contributed by atoms with van der Waals surface area (Å²) < 4.78 is 33.2. The van der Waals surface area contributed by atoms with Gasteiger partial charge in [0.15, 0.2) is 0 Å². The summed E-state index contributed by atoms with van der Waals surface area (Å²) in [5.74, 6) is -2.46. The number of hydrogen-bond donors (Lipinski definition) is 1. The van der Waals surface area contributed by atoms with Crippen LogP contribution >= 0.6 is 0 Å². The number of nitrogens with one attached hydrogen (secondary N) is 1. The maximum absolute atomic E-state index is 13.7. The Balaban J connectivity index is 1.89. The van der Waals surface area contributed by atoms with Crippen molar-refractivity contribution in [2.24, 2.45) is 0 Å². The first-order valence-electron chi connectivity index (χ1n) is 8.65. The second-order valence-corrected chi connectivity index (χ2v) is 6.56. The van der Waals surface area contributed by atoms with E-state index >= 15 is 0 Å². The maximum atomic E-state index is 13.7. The van der Waals surface area contributed by atoms with Gasteiger partial charge >= 0.3 is 0 Å². The van der Waals surface area contributed by atoms with Crippen LogP contribution in [-0.4, -0.2) is 42.4 Å². The normalized spacial score (nSPS) is 17.1. The van der Waals surface area contributed by atoms with E-state index in [9.17, 15) is 13.6 Å². The summed E-state index contributed by atoms with van der Waals surface area (Å²) >= 11 is 0. The zero-order chi connectivity index (χ0) is 18.6. The van der Waals surface area contributed by atoms with Crippen molar-refractivity contribution < 1.29 is 18.3 Å². The Morgan fingerprint density at radius 1 is 1.19 bits per heavy atom. The van der Waals surface area contributed by atoms with Gasteiger partial charge < -0.3 is 15.0 Å². The molecule has 1 amide bonds. The molecule has 1 N–H and O–H groups in total. The number of alkyl halides is 2. The zero-order valence-corrected chi connectivity index (χ0v) is 14.6. The molecular formula is C20H22F2N2O2. The molecular weight excluding hydrogens is 338 g/mol. The molecule has 1 fully saturated rings. The molecule has 0 bridgehead atoms. The molecule has 26 heavy (non-hydrogen) atoms. The van der Waals surface area contributed by atoms with Crippen LogP contribution in [0.1, 0.15) is 23.7 Å². The van der Waals surface area contributed by atoms with Gasteiger partial charge in [-0.3, -0.25) is 4.79 Å². The summed E-state index contributed by atoms with van der Waals surface area (Å²) in [4.78, 5) is 14.4. The van der Waals surface area contributed by atoms with E-state index in [0.717, 1.165) is 6.92 Å². The highest BCUT2D eigenvalue weighted by Gasteiger charge is 2.35. The lowest BCUT2D eigenvalue weighted by molar-refractivity contribution is -0.0187. The number of rotatable bonds is 6. The molecule has 0 aromatic heterocycles. The number of benzene rings is 2. The number of halogens is 2. The molecule has 1 unspecified atom stereocenters. The molecule has 0 saturated carbocycles. The van der Waals surface area contributed by atoms with E-state index in [1.807, 2.05) is 18.2 Å². The summed E-state index contributed by atoms with van der Waals surface area (Å²) in [6.45, 7) is 1.45. The van der Waals surface area contributed by atoms with E-state index in [2.05, 4.69) is 5.32 Å². The number of nitrogens with zero attached hydrogens (tertiary/aromatic N) is 1. The van der Waals surface area contributed by atoms with Crippen molar-refractivity contribution in [3.63, 3.8) is 0 Å². The average molecular weight is 360 g/mol. The lowest BCUT2D eigenvalue weighted by Gasteiger charge is -2.31. The van der Waals surface area contributed by atoms with Gasteiger partial charge in [-0.2, -0.15) is 0 Å². The molecule has 1 atom stereocenters. The second-order valence-electron chi connectivity index (χ2n) is 6.56. The van der Waals surface area contributed by atoms with Gasteiger partial charge in [-0.25, -0.2) is 8.78 Å². The molecule has 3 rings (SSSR count). The first kappa shape index (κ1) is 18.3. The van der Waals surface area contributed by atoms with Crippen LogP contribution in [0.3, 0.4) is 0 Å². The fourth-order valence-electron chi connectivity index (χ4n) is 3.07. The summed E-state index contributed by atoms with van der Waals surface area (Å²) in [7, 11) is 0. The largest absolute Gasteiger partial charge is 0.457 e. The SMILES string of the molecule is CC(F)(F)CN(C(=O)c1ccccc1Oc1ccccc1)C1CCNC1. The third-order valence-electron chi connectivity index (χ3n) is 4.27. The van der Waals surface area contributed by atoms with Gasteiger partial charge in [0.1, 0.15) is 11.5 Å². The van der Waals surface area contributed by atoms with Crippen molar-refractivity contribution in [2.75, 3.05) is 19.6 Å². The van der Waals surface area contributed by atoms with Gasteiger partial charge in [0.05, 0.1) is 12.1 Å². The third kappa shape index (κ3) is 4.58. The van der Waals surface area contributed by atoms with E-state index in [4.69, 9.17) is 4.74 Å². The number of carbonyl (C=O) groups is 1. The fourth-order valence-corrected chi connectivity index (χ4v) is 3.07. The Labute approximate surface area is 151 Å². The lowest BCUT2D eigenvalue weighted by Crippen LogP contribution is -2.47. The Kier molecular flexibility index (Phi) is 5.52. The van der Waals surface area contributed by atoms with Gasteiger partial charge in [-0.05, 0) is 37.2 Å². The molecule has 6 heteroatoms. The quantitative estimate of drug-likeness (QED) is 0.848. The Morgan fingerprint density at radius 2 is 1.88 bits per heavy atom. The minimum absolute atomic E-state index is 0.252. The van der Waals surface area contributed by atoms with Crippen LogP contribution in [0.4, 0.5) is 8.78 Å². The predicted octanol–water partition coefficient (Wildman–Crippen LogP) is 3.94. The van der Waals surface area contributed by atoms with Crippen molar-refractivity contribution in [3.05, 3.63) is 60.2 Å². The predicted molar refractivity (Wildman–Crippen MR) is 95.9 cm³/mol. The highest BCUT2D eigenvalue weighted by molar-refractivity contribution is 5.97. The molecule has 138 valence electrons. The van der Waals surface area contributed by atoms with Crippen LogP contribution in [0.2, 0.25) is 0 Å². The molecule has 4 nitrogen and oxygen atoms in total. The Bertz CT molecular complexity index is 741. The standard InChI is InChI=1S/C20H22F2N2O2/c1-20(21,22)14-24(15-11-12-23-13-15)19(25)17-9-5-6-10-18(17)26-16-7-3-2-4-8-16/h2-10,15,23H,11-14H2,1H3. The molecule has 1 aliphatic heterocycles. The fraction of sp³-hybridized carbons (Fsp3) is 0.350. The topological polar surface area (TPSA) is 41.6 Å². The van der Waals surface area contributed by atoms with Crippen LogP contribution in [0.15, 0.2) is 54.6 Å². The molecule has 1 heterocycles. The Morgan fingerprint density at radius 3 is 2.54 bits per heavy atom. The molecule has 2 aromatic rings. The van der Waals surface area contributed by atoms with Gasteiger partial charge in [-0.1, -0.05) is 30.3 Å². The highest BCUT2D eigenvalue weighted by atomic mass is 19.3. The first-order chi connectivity index (χ1) is 12.4. The van der Waals surface area contributed by atoms with Crippen molar-refractivity contribution in [2.45, 2.75) is 25.3 Å². The molecule has 1 aliphatic rings. The number of amides is 1. The van der Waals surface area contributed by atoms with Gasteiger partial charge in [0.25, 0.3) is 11.8 Å². The van der Waals surface area contributed by atoms with Gasteiger partial charge in [0, 0.05) is 19.5 Å². The summed E-state index contributed by atoms with van der Waals surface area (Å²) in [5.41, 5.74) is 0.285.